The third kappa shape index (κ3) is 4.52. The molecule has 1 aromatic heterocycles. The predicted octanol–water partition coefficient (Wildman–Crippen LogP) is 3.23. The van der Waals surface area contributed by atoms with Crippen molar-refractivity contribution in [1.29, 1.82) is 0 Å². The maximum atomic E-state index is 12.4. The molecule has 6 nitrogen and oxygen atoms in total. The van der Waals surface area contributed by atoms with Gasteiger partial charge in [-0.05, 0) is 31.0 Å². The molecule has 28 heavy (non-hydrogen) atoms. The topological polar surface area (TPSA) is 89.1 Å². The molecule has 0 fully saturated rings. The molecule has 144 valence electrons. The molecule has 3 aromatic rings. The first-order chi connectivity index (χ1) is 13.5. The van der Waals surface area contributed by atoms with Gasteiger partial charge in [-0.25, -0.2) is 4.98 Å². The lowest BCUT2D eigenvalue weighted by molar-refractivity contribution is -0.146. The molecule has 0 saturated heterocycles. The van der Waals surface area contributed by atoms with Crippen LogP contribution in [0.2, 0.25) is 0 Å². The van der Waals surface area contributed by atoms with E-state index >= 15 is 0 Å². The van der Waals surface area contributed by atoms with Gasteiger partial charge in [0.05, 0.1) is 17.3 Å². The van der Waals surface area contributed by atoms with Crippen LogP contribution in [0.5, 0.6) is 0 Å². The van der Waals surface area contributed by atoms with Crippen LogP contribution >= 0.6 is 0 Å². The Morgan fingerprint density at radius 2 is 1.82 bits per heavy atom. The second-order valence-electron chi connectivity index (χ2n) is 6.58. The van der Waals surface area contributed by atoms with E-state index in [0.29, 0.717) is 22.3 Å². The number of para-hydroxylation sites is 1. The minimum absolute atomic E-state index is 0.0215. The van der Waals surface area contributed by atoms with Crippen molar-refractivity contribution in [1.82, 2.24) is 9.97 Å². The first kappa shape index (κ1) is 19.5. The van der Waals surface area contributed by atoms with E-state index < -0.39 is 12.1 Å². The van der Waals surface area contributed by atoms with Gasteiger partial charge in [0.25, 0.3) is 5.56 Å². The molecule has 0 aliphatic rings. The van der Waals surface area contributed by atoms with E-state index in [1.54, 1.807) is 43.3 Å². The number of hydrogen-bond donors (Lipinski definition) is 1. The van der Waals surface area contributed by atoms with Crippen LogP contribution in [0.3, 0.4) is 0 Å². The smallest absolute Gasteiger partial charge is 0.306 e. The van der Waals surface area contributed by atoms with Crippen LogP contribution in [0.25, 0.3) is 10.9 Å². The Labute approximate surface area is 162 Å². The van der Waals surface area contributed by atoms with E-state index in [4.69, 9.17) is 4.74 Å². The van der Waals surface area contributed by atoms with Crippen LogP contribution in [0.4, 0.5) is 0 Å². The normalized spacial score (nSPS) is 11.9. The molecule has 0 aliphatic heterocycles. The number of ether oxygens (including phenoxy) is 1. The number of Topliss-reactive ketones (excluding diaryl/α,β-unsaturated/α-hetero) is 1. The van der Waals surface area contributed by atoms with Crippen LogP contribution < -0.4 is 5.56 Å². The number of esters is 1. The minimum atomic E-state index is -0.872. The average Bonchev–Trinajstić information content (AvgIpc) is 2.72. The summed E-state index contributed by atoms with van der Waals surface area (Å²) < 4.78 is 5.25. The van der Waals surface area contributed by atoms with Crippen LogP contribution in [0.15, 0.2) is 53.3 Å². The number of H-pyrrole nitrogens is 1. The van der Waals surface area contributed by atoms with E-state index in [1.165, 1.54) is 0 Å². The first-order valence-electron chi connectivity index (χ1n) is 9.28. The molecular formula is C22H22N2O4. The third-order valence-electron chi connectivity index (χ3n) is 4.55. The molecule has 1 heterocycles. The van der Waals surface area contributed by atoms with Crippen molar-refractivity contribution in [3.05, 3.63) is 75.8 Å². The van der Waals surface area contributed by atoms with E-state index in [9.17, 15) is 14.4 Å². The van der Waals surface area contributed by atoms with Crippen LogP contribution in [-0.2, 0) is 22.4 Å². The molecule has 0 spiro atoms. The lowest BCUT2D eigenvalue weighted by Gasteiger charge is -2.12. The van der Waals surface area contributed by atoms with Crippen molar-refractivity contribution in [2.24, 2.45) is 0 Å². The van der Waals surface area contributed by atoms with Crippen molar-refractivity contribution in [3.63, 3.8) is 0 Å². The van der Waals surface area contributed by atoms with Crippen LogP contribution in [-0.4, -0.2) is 27.8 Å². The fraction of sp³-hybridized carbons (Fsp3) is 0.273. The maximum Gasteiger partial charge on any atom is 0.306 e. The summed E-state index contributed by atoms with van der Waals surface area (Å²) in [6.07, 6.45) is 0.270. The van der Waals surface area contributed by atoms with Gasteiger partial charge in [0, 0.05) is 12.0 Å². The summed E-state index contributed by atoms with van der Waals surface area (Å²) in [6, 6.07) is 14.3. The van der Waals surface area contributed by atoms with E-state index in [0.717, 1.165) is 12.0 Å². The van der Waals surface area contributed by atoms with Gasteiger partial charge in [0.15, 0.2) is 6.10 Å². The Hall–Kier alpha value is -3.28. The number of aromatic amines is 1. The Balaban J connectivity index is 1.59. The molecule has 0 saturated carbocycles. The third-order valence-corrected chi connectivity index (χ3v) is 4.55. The molecule has 0 radical (unpaired) electrons. The molecule has 0 amide bonds. The zero-order chi connectivity index (χ0) is 20.1. The average molecular weight is 378 g/mol. The van der Waals surface area contributed by atoms with E-state index in [1.807, 2.05) is 19.1 Å². The van der Waals surface area contributed by atoms with Crippen molar-refractivity contribution in [2.75, 3.05) is 0 Å². The Morgan fingerprint density at radius 3 is 2.54 bits per heavy atom. The van der Waals surface area contributed by atoms with Gasteiger partial charge in [-0.3, -0.25) is 14.4 Å². The molecule has 1 atom stereocenters. The van der Waals surface area contributed by atoms with Gasteiger partial charge in [0.2, 0.25) is 5.78 Å². The summed E-state index contributed by atoms with van der Waals surface area (Å²) in [4.78, 5) is 43.6. The number of aromatic nitrogens is 2. The van der Waals surface area contributed by atoms with Gasteiger partial charge >= 0.3 is 5.97 Å². The van der Waals surface area contributed by atoms with Crippen molar-refractivity contribution in [2.45, 2.75) is 39.2 Å². The first-order valence-corrected chi connectivity index (χ1v) is 9.28. The van der Waals surface area contributed by atoms with Crippen LogP contribution in [0, 0.1) is 0 Å². The molecule has 0 unspecified atom stereocenters. The number of carbonyl (C=O) groups is 2. The Bertz CT molecular complexity index is 1050. The number of rotatable bonds is 7. The Morgan fingerprint density at radius 1 is 1.11 bits per heavy atom. The predicted molar refractivity (Wildman–Crippen MR) is 106 cm³/mol. The highest BCUT2D eigenvalue weighted by Gasteiger charge is 2.19. The summed E-state index contributed by atoms with van der Waals surface area (Å²) in [6.45, 7) is 3.60. The highest BCUT2D eigenvalue weighted by molar-refractivity contribution is 6.00. The zero-order valence-electron chi connectivity index (χ0n) is 15.9. The van der Waals surface area contributed by atoms with E-state index in [2.05, 4.69) is 9.97 Å². The molecule has 1 N–H and O–H groups in total. The summed E-state index contributed by atoms with van der Waals surface area (Å²) >= 11 is 0. The SMILES string of the molecule is CCc1ccc(C(=O)[C@H](C)OC(=O)CCc2nc3ccccc3c(=O)[nH]2)cc1. The van der Waals surface area contributed by atoms with Crippen LogP contribution in [0.1, 0.15) is 42.0 Å². The number of fused-ring (bicyclic) bond motifs is 1. The number of nitrogens with zero attached hydrogens (tertiary/aromatic N) is 1. The summed E-state index contributed by atoms with van der Waals surface area (Å²) in [5.41, 5.74) is 1.98. The number of aryl methyl sites for hydroxylation is 2. The molecular weight excluding hydrogens is 356 g/mol. The number of ketones is 1. The van der Waals surface area contributed by atoms with Gasteiger partial charge in [-0.15, -0.1) is 0 Å². The fourth-order valence-corrected chi connectivity index (χ4v) is 2.92. The van der Waals surface area contributed by atoms with Gasteiger partial charge in [-0.2, -0.15) is 0 Å². The number of nitrogens with one attached hydrogen (secondary N) is 1. The summed E-state index contributed by atoms with van der Waals surface area (Å²) in [5, 5.41) is 0.502. The molecule has 6 heteroatoms. The van der Waals surface area contributed by atoms with Crippen molar-refractivity contribution >= 4 is 22.7 Å². The summed E-state index contributed by atoms with van der Waals surface area (Å²) in [5.74, 6) is -0.343. The van der Waals surface area contributed by atoms with Crippen molar-refractivity contribution < 1.29 is 14.3 Å². The second-order valence-corrected chi connectivity index (χ2v) is 6.58. The van der Waals surface area contributed by atoms with Crippen molar-refractivity contribution in [3.8, 4) is 0 Å². The monoisotopic (exact) mass is 378 g/mol. The number of hydrogen-bond acceptors (Lipinski definition) is 5. The molecule has 0 bridgehead atoms. The lowest BCUT2D eigenvalue weighted by Crippen LogP contribution is -2.25. The number of benzene rings is 2. The highest BCUT2D eigenvalue weighted by Crippen LogP contribution is 2.11. The Kier molecular flexibility index (Phi) is 5.99. The van der Waals surface area contributed by atoms with Gasteiger partial charge < -0.3 is 9.72 Å². The number of carbonyl (C=O) groups excluding carboxylic acids is 2. The second kappa shape index (κ2) is 8.61. The molecule has 2 aromatic carbocycles. The van der Waals surface area contributed by atoms with Gasteiger partial charge in [-0.1, -0.05) is 43.3 Å². The minimum Gasteiger partial charge on any atom is -0.454 e. The quantitative estimate of drug-likeness (QED) is 0.504. The maximum absolute atomic E-state index is 12.4. The molecule has 0 aliphatic carbocycles. The zero-order valence-corrected chi connectivity index (χ0v) is 15.9. The standard InChI is InChI=1S/C22H22N2O4/c1-3-15-8-10-16(11-9-15)21(26)14(2)28-20(25)13-12-19-23-18-7-5-4-6-17(18)22(27)24-19/h4-11,14H,3,12-13H2,1-2H3,(H,23,24,27)/t14-/m0/s1. The lowest BCUT2D eigenvalue weighted by atomic mass is 10.0. The van der Waals surface area contributed by atoms with E-state index in [-0.39, 0.29) is 24.2 Å². The molecule has 3 rings (SSSR count). The summed E-state index contributed by atoms with van der Waals surface area (Å²) in [7, 11) is 0. The fourth-order valence-electron chi connectivity index (χ4n) is 2.92. The highest BCUT2D eigenvalue weighted by atomic mass is 16.5. The largest absolute Gasteiger partial charge is 0.454 e. The van der Waals surface area contributed by atoms with Gasteiger partial charge in [0.1, 0.15) is 5.82 Å².